The lowest BCUT2D eigenvalue weighted by Crippen LogP contribution is -2.15. The van der Waals surface area contributed by atoms with Crippen molar-refractivity contribution in [1.82, 2.24) is 14.8 Å². The van der Waals surface area contributed by atoms with E-state index in [1.165, 1.54) is 17.8 Å². The predicted molar refractivity (Wildman–Crippen MR) is 110 cm³/mol. The van der Waals surface area contributed by atoms with E-state index in [1.807, 2.05) is 11.5 Å². The summed E-state index contributed by atoms with van der Waals surface area (Å²) < 4.78 is 1.81. The van der Waals surface area contributed by atoms with Crippen molar-refractivity contribution < 1.29 is 14.8 Å². The summed E-state index contributed by atoms with van der Waals surface area (Å²) in [5.74, 6) is 0.357. The van der Waals surface area contributed by atoms with E-state index in [-0.39, 0.29) is 23.1 Å². The molecule has 0 aliphatic carbocycles. The molecule has 3 aromatic rings. The van der Waals surface area contributed by atoms with Gasteiger partial charge in [0, 0.05) is 23.9 Å². The first kappa shape index (κ1) is 20.3. The number of carbonyl (C=O) groups is 1. The van der Waals surface area contributed by atoms with Crippen molar-refractivity contribution in [2.75, 3.05) is 11.1 Å². The molecule has 0 saturated heterocycles. The van der Waals surface area contributed by atoms with Gasteiger partial charge in [-0.05, 0) is 32.0 Å². The summed E-state index contributed by atoms with van der Waals surface area (Å²) in [4.78, 5) is 22.8. The lowest BCUT2D eigenvalue weighted by Gasteiger charge is -2.09. The first-order valence-electron chi connectivity index (χ1n) is 8.80. The Balaban J connectivity index is 1.70. The van der Waals surface area contributed by atoms with Gasteiger partial charge < -0.3 is 15.0 Å². The molecule has 9 nitrogen and oxygen atoms in total. The van der Waals surface area contributed by atoms with E-state index < -0.39 is 4.92 Å². The second-order valence-corrected chi connectivity index (χ2v) is 7.11. The Labute approximate surface area is 170 Å². The second kappa shape index (κ2) is 8.74. The number of aromatic nitrogens is 3. The van der Waals surface area contributed by atoms with E-state index >= 15 is 0 Å². The molecule has 150 valence electrons. The summed E-state index contributed by atoms with van der Waals surface area (Å²) in [6.07, 6.45) is 0. The number of nitrogens with zero attached hydrogens (tertiary/aromatic N) is 4. The van der Waals surface area contributed by atoms with E-state index in [0.29, 0.717) is 34.3 Å². The molecule has 0 aliphatic heterocycles. The van der Waals surface area contributed by atoms with Crippen molar-refractivity contribution >= 4 is 29.0 Å². The Morgan fingerprint density at radius 3 is 2.72 bits per heavy atom. The summed E-state index contributed by atoms with van der Waals surface area (Å²) in [6.45, 7) is 4.12. The Bertz CT molecular complexity index is 1070. The molecule has 1 heterocycles. The van der Waals surface area contributed by atoms with Gasteiger partial charge in [0.05, 0.1) is 16.2 Å². The van der Waals surface area contributed by atoms with Crippen molar-refractivity contribution in [2.45, 2.75) is 25.5 Å². The molecule has 2 N–H and O–H groups in total. The number of aryl methyl sites for hydroxylation is 1. The van der Waals surface area contributed by atoms with Crippen molar-refractivity contribution in [3.05, 3.63) is 58.1 Å². The quantitative estimate of drug-likeness (QED) is 0.344. The maximum Gasteiger partial charge on any atom is 0.274 e. The van der Waals surface area contributed by atoms with Crippen molar-refractivity contribution in [3.8, 4) is 17.1 Å². The number of nitro groups is 1. The molecule has 3 rings (SSSR count). The average Bonchev–Trinajstić information content (AvgIpc) is 3.10. The molecule has 0 atom stereocenters. The number of para-hydroxylation sites is 1. The molecule has 10 heteroatoms. The number of phenolic OH excluding ortho intramolecular Hbond substituents is 1. The van der Waals surface area contributed by atoms with Gasteiger partial charge in [-0.25, -0.2) is 0 Å². The zero-order chi connectivity index (χ0) is 21.0. The van der Waals surface area contributed by atoms with E-state index in [4.69, 9.17) is 0 Å². The highest BCUT2D eigenvalue weighted by molar-refractivity contribution is 7.99. The van der Waals surface area contributed by atoms with Gasteiger partial charge in [-0.1, -0.05) is 30.0 Å². The fourth-order valence-corrected chi connectivity index (χ4v) is 3.56. The van der Waals surface area contributed by atoms with Gasteiger partial charge in [0.1, 0.15) is 5.75 Å². The molecule has 0 saturated carbocycles. The van der Waals surface area contributed by atoms with Crippen LogP contribution in [0.2, 0.25) is 0 Å². The zero-order valence-electron chi connectivity index (χ0n) is 15.8. The largest absolute Gasteiger partial charge is 0.507 e. The van der Waals surface area contributed by atoms with Crippen LogP contribution in [0.4, 0.5) is 11.4 Å². The summed E-state index contributed by atoms with van der Waals surface area (Å²) in [7, 11) is 0. The number of rotatable bonds is 7. The van der Waals surface area contributed by atoms with Crippen molar-refractivity contribution in [1.29, 1.82) is 0 Å². The molecular formula is C19H19N5O4S. The Hall–Kier alpha value is -3.40. The number of carbonyl (C=O) groups excluding carboxylic acids is 1. The summed E-state index contributed by atoms with van der Waals surface area (Å²) >= 11 is 1.20. The standard InChI is InChI=1S/C19H19N5O4S/c1-3-23-18(14-6-4-5-7-16(14)25)21-22-19(23)29-11-17(26)20-13-9-8-12(2)15(10-13)24(27)28/h4-10,25H,3,11H2,1-2H3,(H,20,26). The Morgan fingerprint density at radius 1 is 1.28 bits per heavy atom. The van der Waals surface area contributed by atoms with Gasteiger partial charge in [0.2, 0.25) is 5.91 Å². The third kappa shape index (κ3) is 4.54. The fraction of sp³-hybridized carbons (Fsp3) is 0.211. The highest BCUT2D eigenvalue weighted by Crippen LogP contribution is 2.30. The van der Waals surface area contributed by atoms with E-state index in [9.17, 15) is 20.0 Å². The van der Waals surface area contributed by atoms with Crippen LogP contribution in [0.1, 0.15) is 12.5 Å². The second-order valence-electron chi connectivity index (χ2n) is 6.16. The number of hydrogen-bond acceptors (Lipinski definition) is 7. The molecule has 0 fully saturated rings. The zero-order valence-corrected chi connectivity index (χ0v) is 16.6. The maximum atomic E-state index is 12.3. The lowest BCUT2D eigenvalue weighted by atomic mass is 10.2. The van der Waals surface area contributed by atoms with Gasteiger partial charge in [-0.3, -0.25) is 14.9 Å². The topological polar surface area (TPSA) is 123 Å². The minimum Gasteiger partial charge on any atom is -0.507 e. The molecule has 0 aliphatic rings. The molecule has 2 aromatic carbocycles. The van der Waals surface area contributed by atoms with Crippen LogP contribution in [0.15, 0.2) is 47.6 Å². The van der Waals surface area contributed by atoms with E-state index in [2.05, 4.69) is 15.5 Å². The number of amides is 1. The normalized spacial score (nSPS) is 10.7. The van der Waals surface area contributed by atoms with E-state index in [1.54, 1.807) is 43.3 Å². The van der Waals surface area contributed by atoms with Crippen LogP contribution in [0.25, 0.3) is 11.4 Å². The lowest BCUT2D eigenvalue weighted by molar-refractivity contribution is -0.385. The number of nitro benzene ring substituents is 1. The first-order chi connectivity index (χ1) is 13.9. The Kier molecular flexibility index (Phi) is 6.13. The summed E-state index contributed by atoms with van der Waals surface area (Å²) in [6, 6.07) is 11.4. The number of aromatic hydroxyl groups is 1. The molecule has 1 aromatic heterocycles. The van der Waals surface area contributed by atoms with Gasteiger partial charge in [-0.15, -0.1) is 10.2 Å². The highest BCUT2D eigenvalue weighted by Gasteiger charge is 2.17. The SMILES string of the molecule is CCn1c(SCC(=O)Nc2ccc(C)c([N+](=O)[O-])c2)nnc1-c1ccccc1O. The highest BCUT2D eigenvalue weighted by atomic mass is 32.2. The molecule has 1 amide bonds. The third-order valence-electron chi connectivity index (χ3n) is 4.20. The van der Waals surface area contributed by atoms with Gasteiger partial charge in [0.25, 0.3) is 5.69 Å². The third-order valence-corrected chi connectivity index (χ3v) is 5.17. The van der Waals surface area contributed by atoms with E-state index in [0.717, 1.165) is 0 Å². The number of phenols is 1. The van der Waals surface area contributed by atoms with Gasteiger partial charge >= 0.3 is 0 Å². The summed E-state index contributed by atoms with van der Waals surface area (Å²) in [5.41, 5.74) is 1.40. The molecule has 0 bridgehead atoms. The van der Waals surface area contributed by atoms with Crippen LogP contribution in [0, 0.1) is 17.0 Å². The molecule has 29 heavy (non-hydrogen) atoms. The maximum absolute atomic E-state index is 12.3. The van der Waals surface area contributed by atoms with Crippen LogP contribution in [-0.2, 0) is 11.3 Å². The predicted octanol–water partition coefficient (Wildman–Crippen LogP) is 3.62. The average molecular weight is 413 g/mol. The molecule has 0 spiro atoms. The minimum absolute atomic E-state index is 0.0477. The fourth-order valence-electron chi connectivity index (χ4n) is 2.75. The van der Waals surface area contributed by atoms with Crippen LogP contribution < -0.4 is 5.32 Å². The number of thioether (sulfide) groups is 1. The monoisotopic (exact) mass is 413 g/mol. The van der Waals surface area contributed by atoms with Crippen LogP contribution in [-0.4, -0.2) is 36.5 Å². The number of hydrogen-bond donors (Lipinski definition) is 2. The summed E-state index contributed by atoms with van der Waals surface area (Å²) in [5, 5.41) is 32.6. The molecular weight excluding hydrogens is 394 g/mol. The Morgan fingerprint density at radius 2 is 2.03 bits per heavy atom. The van der Waals surface area contributed by atoms with Gasteiger partial charge in [0.15, 0.2) is 11.0 Å². The van der Waals surface area contributed by atoms with Crippen LogP contribution in [0.5, 0.6) is 5.75 Å². The van der Waals surface area contributed by atoms with Crippen molar-refractivity contribution in [3.63, 3.8) is 0 Å². The smallest absolute Gasteiger partial charge is 0.274 e. The molecule has 0 radical (unpaired) electrons. The van der Waals surface area contributed by atoms with Crippen molar-refractivity contribution in [2.24, 2.45) is 0 Å². The first-order valence-corrected chi connectivity index (χ1v) is 9.78. The molecule has 0 unspecified atom stereocenters. The number of benzene rings is 2. The minimum atomic E-state index is -0.482. The van der Waals surface area contributed by atoms with Gasteiger partial charge in [-0.2, -0.15) is 0 Å². The van der Waals surface area contributed by atoms with Crippen LogP contribution >= 0.6 is 11.8 Å². The number of nitrogens with one attached hydrogen (secondary N) is 1. The number of anilines is 1. The van der Waals surface area contributed by atoms with Crippen LogP contribution in [0.3, 0.4) is 0 Å².